The van der Waals surface area contributed by atoms with E-state index in [-0.39, 0.29) is 24.7 Å². The smallest absolute Gasteiger partial charge is 0.247 e. The van der Waals surface area contributed by atoms with Gasteiger partial charge in [-0.25, -0.2) is 20.0 Å². The Morgan fingerprint density at radius 2 is 0.969 bits per heavy atom. The topological polar surface area (TPSA) is 312 Å². The molecule has 2 amide bonds. The molecule has 0 fully saturated rings. The molecule has 18 nitrogen and oxygen atoms in total. The van der Waals surface area contributed by atoms with Gasteiger partial charge < -0.3 is 51.1 Å². The number of amides is 2. The summed E-state index contributed by atoms with van der Waals surface area (Å²) in [5, 5.41) is 98.0. The molecule has 2 aliphatic heterocycles. The van der Waals surface area contributed by atoms with E-state index in [1.54, 1.807) is 72.8 Å². The average molecular weight is 953 g/mol. The van der Waals surface area contributed by atoms with Crippen LogP contribution in [0.15, 0.2) is 92.8 Å². The van der Waals surface area contributed by atoms with E-state index in [1.165, 1.54) is 44.3 Å². The van der Waals surface area contributed by atoms with Gasteiger partial charge in [0.1, 0.15) is 48.8 Å². The molecule has 338 valence electrons. The van der Waals surface area contributed by atoms with E-state index in [0.717, 1.165) is 31.6 Å². The second-order valence-corrected chi connectivity index (χ2v) is 19.1. The number of aliphatic hydroxyl groups is 10. The van der Waals surface area contributed by atoms with E-state index in [0.29, 0.717) is 56.0 Å². The molecule has 2 aromatic carbocycles. The van der Waals surface area contributed by atoms with Gasteiger partial charge >= 0.3 is 0 Å². The summed E-state index contributed by atoms with van der Waals surface area (Å²) in [6.07, 6.45) is -11.1. The van der Waals surface area contributed by atoms with Gasteiger partial charge in [-0.15, -0.1) is 22.7 Å². The highest BCUT2D eigenvalue weighted by Crippen LogP contribution is 2.33. The van der Waals surface area contributed by atoms with Crippen molar-refractivity contribution in [2.45, 2.75) is 61.7 Å². The lowest BCUT2D eigenvalue weighted by Gasteiger charge is -2.23. The predicted molar refractivity (Wildman–Crippen MR) is 246 cm³/mol. The number of aromatic nitrogens is 2. The minimum absolute atomic E-state index is 0.186. The third-order valence-corrected chi connectivity index (χ3v) is 14.0. The maximum Gasteiger partial charge on any atom is 0.247 e. The Hall–Kier alpha value is -4.50. The van der Waals surface area contributed by atoms with Gasteiger partial charge in [-0.2, -0.15) is 0 Å². The Labute approximate surface area is 380 Å². The molecule has 0 unspecified atom stereocenters. The summed E-state index contributed by atoms with van der Waals surface area (Å²) in [5.74, 6) is 0.358. The molecular weight excluding hydrogens is 909 g/mol. The lowest BCUT2D eigenvalue weighted by atomic mass is 10.0. The van der Waals surface area contributed by atoms with Crippen LogP contribution < -0.4 is 10.7 Å². The van der Waals surface area contributed by atoms with Crippen molar-refractivity contribution < 1.29 is 60.7 Å². The van der Waals surface area contributed by atoms with Crippen molar-refractivity contribution in [3.63, 3.8) is 0 Å². The van der Waals surface area contributed by atoms with Gasteiger partial charge in [-0.1, -0.05) is 21.6 Å². The van der Waals surface area contributed by atoms with E-state index in [1.807, 2.05) is 0 Å². The number of carbonyl (C=O) groups excluding carboxylic acids is 2. The molecule has 2 heterocycles. The van der Waals surface area contributed by atoms with Crippen molar-refractivity contribution in [3.8, 4) is 21.1 Å². The summed E-state index contributed by atoms with van der Waals surface area (Å²) < 4.78 is 1.50. The third kappa shape index (κ3) is 13.1. The molecule has 10 N–H and O–H groups in total. The number of nitrogens with zero attached hydrogens (tertiary/aromatic N) is 6. The molecule has 0 radical (unpaired) electrons. The molecule has 8 atom stereocenters. The van der Waals surface area contributed by atoms with Crippen LogP contribution >= 0.6 is 44.3 Å². The predicted octanol–water partition coefficient (Wildman–Crippen LogP) is 1.11. The van der Waals surface area contributed by atoms with Crippen molar-refractivity contribution in [2.75, 3.05) is 24.7 Å². The van der Waals surface area contributed by atoms with Gasteiger partial charge in [-0.3, -0.25) is 19.6 Å². The first kappa shape index (κ1) is 48.9. The van der Waals surface area contributed by atoms with Crippen LogP contribution in [-0.2, 0) is 9.59 Å². The highest BCUT2D eigenvalue weighted by Gasteiger charge is 2.30. The standard InChI is InChI=1S/C42H44N6O12S4/c49-19-31(53)41(59)39(57)29(51)17-43-21-1-5-25-33(13-21)63-35-15-23(3-7-27(35)47-25)45-37(55)9-11-61-62-12-10-38(56)46-24-4-8-28-36(16-24)64-34-14-22(2-6-26(34)48-28)44-18-30(52)40(58)42(60)32(54)20-50/h1-8,13-18,29-32,39-42,49-54,57-60H,9-12,19-20H2/t29-,30-,31-,32-,39-,40-,41-,42-/m1/s1. The lowest BCUT2D eigenvalue weighted by molar-refractivity contribution is -0.118. The van der Waals surface area contributed by atoms with Gasteiger partial charge in [0.2, 0.25) is 11.8 Å². The fourth-order valence-electron chi connectivity index (χ4n) is 5.86. The van der Waals surface area contributed by atoms with Crippen molar-refractivity contribution in [3.05, 3.63) is 83.5 Å². The first-order valence-corrected chi connectivity index (χ1v) is 23.7. The van der Waals surface area contributed by atoms with Crippen LogP contribution in [0.3, 0.4) is 0 Å². The molecule has 0 saturated heterocycles. The summed E-state index contributed by atoms with van der Waals surface area (Å²) >= 11 is 2.79. The molecule has 4 aliphatic rings. The zero-order chi connectivity index (χ0) is 45.9. The minimum atomic E-state index is -1.77. The quantitative estimate of drug-likeness (QED) is 0.0235. The van der Waals surface area contributed by atoms with Gasteiger partial charge in [0.05, 0.1) is 76.9 Å². The van der Waals surface area contributed by atoms with E-state index in [2.05, 4.69) is 29.9 Å². The second kappa shape index (κ2) is 23.1. The fourth-order valence-corrected chi connectivity index (χ4v) is 9.88. The third-order valence-electron chi connectivity index (χ3n) is 9.40. The molecule has 64 heavy (non-hydrogen) atoms. The normalized spacial score (nSPS) is 16.8. The van der Waals surface area contributed by atoms with Gasteiger partial charge in [-0.05, 0) is 72.8 Å². The number of hydrogen-bond acceptors (Lipinski definition) is 20. The lowest BCUT2D eigenvalue weighted by Crippen LogP contribution is -2.46. The number of hydrogen-bond donors (Lipinski definition) is 10. The Morgan fingerprint density at radius 3 is 1.36 bits per heavy atom. The molecule has 0 spiro atoms. The SMILES string of the molecule is O=C(CCSSCCC(=O)N=c1ccc2nc3ccc(N=C[C@@H](O)[C@@H](O)[C@H](O)[C@H](O)CO)cc3sc-2c1)N=c1ccc2nc3ccc(N=C[C@@H](O)[C@@H](O)[C@H](O)[C@H](O)CO)cc3sc-2c1. The van der Waals surface area contributed by atoms with Crippen molar-refractivity contribution in [1.82, 2.24) is 9.97 Å². The molecule has 22 heteroatoms. The Balaban J connectivity index is 0.986. The Kier molecular flexibility index (Phi) is 17.7. The first-order chi connectivity index (χ1) is 30.7. The van der Waals surface area contributed by atoms with E-state index in [9.17, 15) is 50.4 Å². The summed E-state index contributed by atoms with van der Waals surface area (Å²) in [6.45, 7) is -1.58. The number of rotatable bonds is 19. The van der Waals surface area contributed by atoms with Crippen LogP contribution in [0.5, 0.6) is 0 Å². The van der Waals surface area contributed by atoms with Crippen LogP contribution in [0, 0.1) is 0 Å². The van der Waals surface area contributed by atoms with E-state index < -0.39 is 62.0 Å². The van der Waals surface area contributed by atoms with Crippen LogP contribution in [0.1, 0.15) is 12.8 Å². The Morgan fingerprint density at radius 1 is 0.562 bits per heavy atom. The minimum Gasteiger partial charge on any atom is -0.394 e. The second-order valence-electron chi connectivity index (χ2n) is 14.2. The largest absolute Gasteiger partial charge is 0.394 e. The molecular formula is C42H44N6O12S4. The number of aliphatic hydroxyl groups excluding tert-OH is 10. The maximum atomic E-state index is 12.7. The Bertz CT molecular complexity index is 2520. The summed E-state index contributed by atoms with van der Waals surface area (Å²) in [6, 6.07) is 20.8. The molecule has 6 rings (SSSR count). The van der Waals surface area contributed by atoms with Gasteiger partial charge in [0, 0.05) is 36.8 Å². The summed E-state index contributed by atoms with van der Waals surface area (Å²) in [5.41, 5.74) is 3.64. The highest BCUT2D eigenvalue weighted by atomic mass is 33.1. The molecule has 0 bridgehead atoms. The monoisotopic (exact) mass is 952 g/mol. The van der Waals surface area contributed by atoms with Crippen molar-refractivity contribution in [2.24, 2.45) is 20.0 Å². The van der Waals surface area contributed by atoms with Crippen LogP contribution in [0.4, 0.5) is 11.4 Å². The van der Waals surface area contributed by atoms with E-state index in [4.69, 9.17) is 10.2 Å². The zero-order valence-electron chi connectivity index (χ0n) is 33.5. The molecule has 2 aliphatic carbocycles. The number of benzene rings is 4. The van der Waals surface area contributed by atoms with Crippen LogP contribution in [0.2, 0.25) is 0 Å². The summed E-state index contributed by atoms with van der Waals surface area (Å²) in [4.78, 5) is 53.1. The molecule has 0 aromatic heterocycles. The van der Waals surface area contributed by atoms with Gasteiger partial charge in [0.25, 0.3) is 0 Å². The van der Waals surface area contributed by atoms with Gasteiger partial charge in [0.15, 0.2) is 0 Å². The molecule has 2 aromatic rings. The maximum absolute atomic E-state index is 12.7. The van der Waals surface area contributed by atoms with E-state index >= 15 is 0 Å². The first-order valence-electron chi connectivity index (χ1n) is 19.6. The van der Waals surface area contributed by atoms with Crippen molar-refractivity contribution >= 4 is 100 Å². The average Bonchev–Trinajstić information content (AvgIpc) is 3.30. The number of fused-ring (bicyclic) bond motifs is 4. The number of aliphatic imine (C=N–C) groups is 2. The van der Waals surface area contributed by atoms with Crippen LogP contribution in [-0.4, -0.2) is 159 Å². The van der Waals surface area contributed by atoms with Crippen molar-refractivity contribution in [1.29, 1.82) is 0 Å². The molecule has 0 saturated carbocycles. The number of carbonyl (C=O) groups is 2. The summed E-state index contributed by atoms with van der Waals surface area (Å²) in [7, 11) is 2.91. The van der Waals surface area contributed by atoms with Crippen LogP contribution in [0.25, 0.3) is 41.6 Å². The fraction of sp³-hybridized carbons (Fsp3) is 0.333. The zero-order valence-corrected chi connectivity index (χ0v) is 36.8. The highest BCUT2D eigenvalue weighted by molar-refractivity contribution is 8.76.